The predicted octanol–water partition coefficient (Wildman–Crippen LogP) is 4.04. The minimum Gasteiger partial charge on any atom is -0.329 e. The molecule has 0 aliphatic rings. The molecule has 0 fully saturated rings. The first-order chi connectivity index (χ1) is 10.8. The monoisotopic (exact) mass is 312 g/mol. The number of carbonyl (C=O) groups excluding carboxylic acids is 1. The maximum absolute atomic E-state index is 12.9. The molecule has 1 amide bonds. The largest absolute Gasteiger partial charge is 0.329 e. The van der Waals surface area contributed by atoms with Crippen molar-refractivity contribution in [2.45, 2.75) is 32.9 Å². The van der Waals surface area contributed by atoms with E-state index in [1.165, 1.54) is 18.2 Å². The highest BCUT2D eigenvalue weighted by Crippen LogP contribution is 2.22. The SMILES string of the molecule is CC(C)(C)N(Cc1ccccc1)C(=O)c1cccc([N+](=O)[O-])c1. The zero-order valence-corrected chi connectivity index (χ0v) is 13.5. The summed E-state index contributed by atoms with van der Waals surface area (Å²) < 4.78 is 0. The molecular formula is C18H20N2O3. The molecule has 0 aliphatic heterocycles. The molecule has 0 spiro atoms. The normalized spacial score (nSPS) is 11.1. The lowest BCUT2D eigenvalue weighted by Crippen LogP contribution is -2.45. The second-order valence-corrected chi connectivity index (χ2v) is 6.36. The van der Waals surface area contributed by atoms with Crippen molar-refractivity contribution in [1.82, 2.24) is 4.90 Å². The lowest BCUT2D eigenvalue weighted by atomic mass is 10.0. The van der Waals surface area contributed by atoms with Gasteiger partial charge in [-0.2, -0.15) is 0 Å². The first kappa shape index (κ1) is 16.7. The van der Waals surface area contributed by atoms with Gasteiger partial charge in [-0.1, -0.05) is 36.4 Å². The maximum atomic E-state index is 12.9. The van der Waals surface area contributed by atoms with Crippen molar-refractivity contribution in [2.75, 3.05) is 0 Å². The average Bonchev–Trinajstić information content (AvgIpc) is 2.52. The van der Waals surface area contributed by atoms with Crippen LogP contribution in [0.1, 0.15) is 36.7 Å². The van der Waals surface area contributed by atoms with Gasteiger partial charge in [0.2, 0.25) is 0 Å². The van der Waals surface area contributed by atoms with Crippen LogP contribution in [0.4, 0.5) is 5.69 Å². The molecule has 5 heteroatoms. The van der Waals surface area contributed by atoms with E-state index < -0.39 is 10.5 Å². The van der Waals surface area contributed by atoms with E-state index in [2.05, 4.69) is 0 Å². The Morgan fingerprint density at radius 1 is 1.09 bits per heavy atom. The number of carbonyl (C=O) groups is 1. The van der Waals surface area contributed by atoms with E-state index in [-0.39, 0.29) is 11.6 Å². The number of nitrogens with zero attached hydrogens (tertiary/aromatic N) is 2. The molecule has 0 aliphatic carbocycles. The van der Waals surface area contributed by atoms with Gasteiger partial charge in [0.15, 0.2) is 0 Å². The highest BCUT2D eigenvalue weighted by atomic mass is 16.6. The number of hydrogen-bond acceptors (Lipinski definition) is 3. The lowest BCUT2D eigenvalue weighted by molar-refractivity contribution is -0.384. The van der Waals surface area contributed by atoms with Crippen LogP contribution in [0.5, 0.6) is 0 Å². The summed E-state index contributed by atoms with van der Waals surface area (Å²) in [5.74, 6) is -0.218. The van der Waals surface area contributed by atoms with E-state index in [4.69, 9.17) is 0 Å². The van der Waals surface area contributed by atoms with Crippen LogP contribution >= 0.6 is 0 Å². The van der Waals surface area contributed by atoms with Gasteiger partial charge in [-0.3, -0.25) is 14.9 Å². The highest BCUT2D eigenvalue weighted by Gasteiger charge is 2.28. The predicted molar refractivity (Wildman–Crippen MR) is 89.2 cm³/mol. The smallest absolute Gasteiger partial charge is 0.270 e. The van der Waals surface area contributed by atoms with Crippen molar-refractivity contribution in [3.05, 3.63) is 75.8 Å². The first-order valence-electron chi connectivity index (χ1n) is 7.39. The summed E-state index contributed by atoms with van der Waals surface area (Å²) in [5, 5.41) is 10.9. The first-order valence-corrected chi connectivity index (χ1v) is 7.39. The van der Waals surface area contributed by atoms with Gasteiger partial charge in [-0.05, 0) is 32.4 Å². The second kappa shape index (κ2) is 6.60. The van der Waals surface area contributed by atoms with Crippen molar-refractivity contribution in [2.24, 2.45) is 0 Å². The molecule has 0 saturated carbocycles. The molecule has 5 nitrogen and oxygen atoms in total. The molecule has 2 aromatic carbocycles. The van der Waals surface area contributed by atoms with Crippen molar-refractivity contribution in [1.29, 1.82) is 0 Å². The molecule has 120 valence electrons. The molecular weight excluding hydrogens is 292 g/mol. The zero-order valence-electron chi connectivity index (χ0n) is 13.5. The Labute approximate surface area is 135 Å². The van der Waals surface area contributed by atoms with Gasteiger partial charge in [0.05, 0.1) is 4.92 Å². The van der Waals surface area contributed by atoms with E-state index in [1.54, 1.807) is 11.0 Å². The van der Waals surface area contributed by atoms with Gasteiger partial charge in [-0.15, -0.1) is 0 Å². The third-order valence-electron chi connectivity index (χ3n) is 3.54. The summed E-state index contributed by atoms with van der Waals surface area (Å²) in [5.41, 5.74) is 0.855. The number of non-ortho nitro benzene ring substituents is 1. The summed E-state index contributed by atoms with van der Waals surface area (Å²) in [7, 11) is 0. The van der Waals surface area contributed by atoms with Crippen molar-refractivity contribution >= 4 is 11.6 Å². The molecule has 0 bridgehead atoms. The van der Waals surface area contributed by atoms with Crippen molar-refractivity contribution < 1.29 is 9.72 Å². The zero-order chi connectivity index (χ0) is 17.0. The number of amides is 1. The van der Waals surface area contributed by atoms with E-state index in [9.17, 15) is 14.9 Å². The third kappa shape index (κ3) is 4.16. The molecule has 0 heterocycles. The number of benzene rings is 2. The van der Waals surface area contributed by atoms with E-state index in [0.717, 1.165) is 5.56 Å². The topological polar surface area (TPSA) is 63.5 Å². The molecule has 23 heavy (non-hydrogen) atoms. The van der Waals surface area contributed by atoms with Gasteiger partial charge in [0, 0.05) is 29.8 Å². The molecule has 0 radical (unpaired) electrons. The molecule has 0 aromatic heterocycles. The Morgan fingerprint density at radius 2 is 1.74 bits per heavy atom. The standard InChI is InChI=1S/C18H20N2O3/c1-18(2,3)19(13-14-8-5-4-6-9-14)17(21)15-10-7-11-16(12-15)20(22)23/h4-12H,13H2,1-3H3. The van der Waals surface area contributed by atoms with Crippen LogP contribution in [0.15, 0.2) is 54.6 Å². The molecule has 2 aromatic rings. The number of nitro groups is 1. The van der Waals surface area contributed by atoms with Crippen molar-refractivity contribution in [3.63, 3.8) is 0 Å². The number of hydrogen-bond donors (Lipinski definition) is 0. The van der Waals surface area contributed by atoms with Crippen LogP contribution in [0.25, 0.3) is 0 Å². The summed E-state index contributed by atoms with van der Waals surface area (Å²) in [6.07, 6.45) is 0. The Balaban J connectivity index is 2.34. The summed E-state index contributed by atoms with van der Waals surface area (Å²) in [4.78, 5) is 25.0. The fraction of sp³-hybridized carbons (Fsp3) is 0.278. The Morgan fingerprint density at radius 3 is 2.30 bits per heavy atom. The highest BCUT2D eigenvalue weighted by molar-refractivity contribution is 5.95. The fourth-order valence-electron chi connectivity index (χ4n) is 2.29. The second-order valence-electron chi connectivity index (χ2n) is 6.36. The molecule has 0 unspecified atom stereocenters. The molecule has 0 saturated heterocycles. The third-order valence-corrected chi connectivity index (χ3v) is 3.54. The van der Waals surface area contributed by atoms with Gasteiger partial charge >= 0.3 is 0 Å². The molecule has 2 rings (SSSR count). The van der Waals surface area contributed by atoms with E-state index in [1.807, 2.05) is 51.1 Å². The van der Waals surface area contributed by atoms with Crippen LogP contribution in [0.2, 0.25) is 0 Å². The van der Waals surface area contributed by atoms with Gasteiger partial charge in [0.1, 0.15) is 0 Å². The van der Waals surface area contributed by atoms with Gasteiger partial charge in [-0.25, -0.2) is 0 Å². The van der Waals surface area contributed by atoms with Crippen molar-refractivity contribution in [3.8, 4) is 0 Å². The maximum Gasteiger partial charge on any atom is 0.270 e. The summed E-state index contributed by atoms with van der Waals surface area (Å²) in [6, 6.07) is 15.5. The Kier molecular flexibility index (Phi) is 4.79. The lowest BCUT2D eigenvalue weighted by Gasteiger charge is -2.36. The number of nitro benzene ring substituents is 1. The van der Waals surface area contributed by atoms with E-state index in [0.29, 0.717) is 12.1 Å². The fourth-order valence-corrected chi connectivity index (χ4v) is 2.29. The van der Waals surface area contributed by atoms with Crippen LogP contribution in [0, 0.1) is 10.1 Å². The minimum absolute atomic E-state index is 0.0792. The van der Waals surface area contributed by atoms with Crippen LogP contribution in [-0.4, -0.2) is 21.3 Å². The van der Waals surface area contributed by atoms with Crippen LogP contribution < -0.4 is 0 Å². The van der Waals surface area contributed by atoms with Crippen LogP contribution in [-0.2, 0) is 6.54 Å². The molecule has 0 N–H and O–H groups in total. The summed E-state index contributed by atoms with van der Waals surface area (Å²) >= 11 is 0. The number of rotatable bonds is 4. The minimum atomic E-state index is -0.491. The Bertz CT molecular complexity index is 706. The van der Waals surface area contributed by atoms with Gasteiger partial charge < -0.3 is 4.90 Å². The summed E-state index contributed by atoms with van der Waals surface area (Å²) in [6.45, 7) is 6.30. The Hall–Kier alpha value is -2.69. The quantitative estimate of drug-likeness (QED) is 0.632. The van der Waals surface area contributed by atoms with Gasteiger partial charge in [0.25, 0.3) is 11.6 Å². The van der Waals surface area contributed by atoms with Crippen LogP contribution in [0.3, 0.4) is 0 Å². The molecule has 0 atom stereocenters. The average molecular weight is 312 g/mol. The van der Waals surface area contributed by atoms with E-state index >= 15 is 0 Å².